The Labute approximate surface area is 147 Å². The molecule has 0 aliphatic carbocycles. The number of rotatable bonds is 6. The Morgan fingerprint density at radius 3 is 2.75 bits per heavy atom. The van der Waals surface area contributed by atoms with E-state index in [4.69, 9.17) is 11.6 Å². The molecular formula is C17H15ClFN3OS. The molecule has 0 saturated carbocycles. The van der Waals surface area contributed by atoms with Gasteiger partial charge in [0, 0.05) is 24.0 Å². The number of halogens is 2. The lowest BCUT2D eigenvalue weighted by atomic mass is 10.1. The quantitative estimate of drug-likeness (QED) is 0.718. The zero-order chi connectivity index (χ0) is 16.9. The summed E-state index contributed by atoms with van der Waals surface area (Å²) in [7, 11) is 0. The standard InChI is InChI=1S/C17H15ClFN3OS/c18-13-10-20-22(11-13)8-7-16(23)21-17(15-2-1-9-24-15)12-3-5-14(19)6-4-12/h1-6,9-11,17H,7-8H2,(H,21,23). The number of thiophene rings is 1. The minimum absolute atomic E-state index is 0.107. The van der Waals surface area contributed by atoms with E-state index in [1.165, 1.54) is 18.3 Å². The monoisotopic (exact) mass is 363 g/mol. The molecule has 1 amide bonds. The largest absolute Gasteiger partial charge is 0.344 e. The SMILES string of the molecule is O=C(CCn1cc(Cl)cn1)NC(c1ccc(F)cc1)c1cccs1. The molecule has 0 aliphatic heterocycles. The van der Waals surface area contributed by atoms with Gasteiger partial charge in [0.05, 0.1) is 17.3 Å². The summed E-state index contributed by atoms with van der Waals surface area (Å²) < 4.78 is 14.8. The molecule has 0 saturated heterocycles. The minimum Gasteiger partial charge on any atom is -0.344 e. The molecule has 0 bridgehead atoms. The molecule has 0 radical (unpaired) electrons. The molecule has 0 aliphatic rings. The molecular weight excluding hydrogens is 349 g/mol. The fraction of sp³-hybridized carbons (Fsp3) is 0.176. The smallest absolute Gasteiger partial charge is 0.222 e. The van der Waals surface area contributed by atoms with Crippen LogP contribution in [0.4, 0.5) is 4.39 Å². The van der Waals surface area contributed by atoms with Crippen LogP contribution in [0.2, 0.25) is 5.02 Å². The van der Waals surface area contributed by atoms with Gasteiger partial charge in [0.15, 0.2) is 0 Å². The van der Waals surface area contributed by atoms with Gasteiger partial charge in [-0.3, -0.25) is 9.48 Å². The van der Waals surface area contributed by atoms with E-state index in [9.17, 15) is 9.18 Å². The molecule has 1 atom stereocenters. The maximum atomic E-state index is 13.2. The van der Waals surface area contributed by atoms with Gasteiger partial charge in [-0.2, -0.15) is 5.10 Å². The summed E-state index contributed by atoms with van der Waals surface area (Å²) in [6.07, 6.45) is 3.49. The van der Waals surface area contributed by atoms with Crippen molar-refractivity contribution in [3.63, 3.8) is 0 Å². The van der Waals surface area contributed by atoms with Crippen molar-refractivity contribution >= 4 is 28.8 Å². The maximum absolute atomic E-state index is 13.2. The molecule has 1 unspecified atom stereocenters. The van der Waals surface area contributed by atoms with E-state index < -0.39 is 0 Å². The summed E-state index contributed by atoms with van der Waals surface area (Å²) in [4.78, 5) is 13.3. The summed E-state index contributed by atoms with van der Waals surface area (Å²) in [5.74, 6) is -0.407. The van der Waals surface area contributed by atoms with Gasteiger partial charge in [-0.1, -0.05) is 29.8 Å². The fourth-order valence-electron chi connectivity index (χ4n) is 2.34. The summed E-state index contributed by atoms with van der Waals surface area (Å²) in [5, 5.41) is 9.55. The third-order valence-electron chi connectivity index (χ3n) is 3.51. The second kappa shape index (κ2) is 7.59. The van der Waals surface area contributed by atoms with Gasteiger partial charge in [-0.25, -0.2) is 4.39 Å². The third kappa shape index (κ3) is 4.21. The number of amides is 1. The molecule has 1 N–H and O–H groups in total. The number of hydrogen-bond acceptors (Lipinski definition) is 3. The molecule has 0 spiro atoms. The molecule has 124 valence electrons. The van der Waals surface area contributed by atoms with Crippen molar-refractivity contribution in [1.82, 2.24) is 15.1 Å². The van der Waals surface area contributed by atoms with Crippen LogP contribution < -0.4 is 5.32 Å². The summed E-state index contributed by atoms with van der Waals surface area (Å²) in [5.41, 5.74) is 0.842. The van der Waals surface area contributed by atoms with Gasteiger partial charge in [-0.05, 0) is 29.1 Å². The third-order valence-corrected chi connectivity index (χ3v) is 4.64. The van der Waals surface area contributed by atoms with E-state index in [2.05, 4.69) is 10.4 Å². The number of hydrogen-bond donors (Lipinski definition) is 1. The van der Waals surface area contributed by atoms with Gasteiger partial charge in [-0.15, -0.1) is 11.3 Å². The molecule has 4 nitrogen and oxygen atoms in total. The highest BCUT2D eigenvalue weighted by atomic mass is 35.5. The Balaban J connectivity index is 1.69. The Bertz CT molecular complexity index is 802. The Morgan fingerprint density at radius 2 is 2.12 bits per heavy atom. The first kappa shape index (κ1) is 16.7. The van der Waals surface area contributed by atoms with E-state index in [1.54, 1.807) is 34.3 Å². The van der Waals surface area contributed by atoms with Crippen LogP contribution in [0.5, 0.6) is 0 Å². The number of nitrogens with zero attached hydrogens (tertiary/aromatic N) is 2. The molecule has 3 rings (SSSR count). The van der Waals surface area contributed by atoms with E-state index in [-0.39, 0.29) is 24.2 Å². The lowest BCUT2D eigenvalue weighted by molar-refractivity contribution is -0.121. The summed E-state index contributed by atoms with van der Waals surface area (Å²) in [6.45, 7) is 0.444. The number of aromatic nitrogens is 2. The summed E-state index contributed by atoms with van der Waals surface area (Å²) >= 11 is 7.35. The molecule has 7 heteroatoms. The Morgan fingerprint density at radius 1 is 1.33 bits per heavy atom. The van der Waals surface area contributed by atoms with Gasteiger partial charge < -0.3 is 5.32 Å². The predicted molar refractivity (Wildman–Crippen MR) is 92.6 cm³/mol. The molecule has 1 aromatic carbocycles. The van der Waals surface area contributed by atoms with Crippen LogP contribution in [0.15, 0.2) is 54.2 Å². The highest BCUT2D eigenvalue weighted by Gasteiger charge is 2.18. The van der Waals surface area contributed by atoms with E-state index in [0.717, 1.165) is 10.4 Å². The van der Waals surface area contributed by atoms with Gasteiger partial charge in [0.1, 0.15) is 5.82 Å². The van der Waals surface area contributed by atoms with Crippen LogP contribution in [0.25, 0.3) is 0 Å². The molecule has 2 aromatic heterocycles. The number of benzene rings is 1. The lowest BCUT2D eigenvalue weighted by Gasteiger charge is -2.18. The Hall–Kier alpha value is -2.18. The van der Waals surface area contributed by atoms with Crippen LogP contribution in [0, 0.1) is 5.82 Å². The van der Waals surface area contributed by atoms with Crippen molar-refractivity contribution in [3.8, 4) is 0 Å². The number of nitrogens with one attached hydrogen (secondary N) is 1. The van der Waals surface area contributed by atoms with E-state index in [1.807, 2.05) is 17.5 Å². The van der Waals surface area contributed by atoms with Crippen LogP contribution in [0.3, 0.4) is 0 Å². The van der Waals surface area contributed by atoms with Crippen molar-refractivity contribution in [1.29, 1.82) is 0 Å². The first-order valence-corrected chi connectivity index (χ1v) is 8.64. The average molecular weight is 364 g/mol. The fourth-order valence-corrected chi connectivity index (χ4v) is 3.30. The van der Waals surface area contributed by atoms with E-state index >= 15 is 0 Å². The van der Waals surface area contributed by atoms with Crippen molar-refractivity contribution in [2.24, 2.45) is 0 Å². The predicted octanol–water partition coefficient (Wildman–Crippen LogP) is 4.03. The Kier molecular flexibility index (Phi) is 5.27. The number of carbonyl (C=O) groups excluding carboxylic acids is 1. The van der Waals surface area contributed by atoms with Crippen LogP contribution in [0.1, 0.15) is 22.9 Å². The zero-order valence-electron chi connectivity index (χ0n) is 12.7. The second-order valence-electron chi connectivity index (χ2n) is 5.24. The molecule has 3 aromatic rings. The van der Waals surface area contributed by atoms with Crippen molar-refractivity contribution in [2.45, 2.75) is 19.0 Å². The van der Waals surface area contributed by atoms with Crippen LogP contribution in [-0.4, -0.2) is 15.7 Å². The lowest BCUT2D eigenvalue weighted by Crippen LogP contribution is -2.29. The molecule has 24 heavy (non-hydrogen) atoms. The van der Waals surface area contributed by atoms with Gasteiger partial charge >= 0.3 is 0 Å². The maximum Gasteiger partial charge on any atom is 0.222 e. The highest BCUT2D eigenvalue weighted by molar-refractivity contribution is 7.10. The minimum atomic E-state index is -0.300. The van der Waals surface area contributed by atoms with Gasteiger partial charge in [0.2, 0.25) is 5.91 Å². The zero-order valence-corrected chi connectivity index (χ0v) is 14.2. The number of aryl methyl sites for hydroxylation is 1. The molecule has 0 fully saturated rings. The topological polar surface area (TPSA) is 46.9 Å². The van der Waals surface area contributed by atoms with Crippen molar-refractivity contribution < 1.29 is 9.18 Å². The van der Waals surface area contributed by atoms with E-state index in [0.29, 0.717) is 11.6 Å². The average Bonchev–Trinajstić information content (AvgIpc) is 3.23. The first-order chi connectivity index (χ1) is 11.6. The van der Waals surface area contributed by atoms with Crippen molar-refractivity contribution in [2.75, 3.05) is 0 Å². The van der Waals surface area contributed by atoms with Gasteiger partial charge in [0.25, 0.3) is 0 Å². The molecule has 2 heterocycles. The van der Waals surface area contributed by atoms with Crippen molar-refractivity contribution in [3.05, 3.63) is 75.5 Å². The summed E-state index contributed by atoms with van der Waals surface area (Å²) in [6, 6.07) is 9.75. The number of carbonyl (C=O) groups is 1. The highest BCUT2D eigenvalue weighted by Crippen LogP contribution is 2.26. The first-order valence-electron chi connectivity index (χ1n) is 7.38. The van der Waals surface area contributed by atoms with Crippen LogP contribution in [-0.2, 0) is 11.3 Å². The normalized spacial score (nSPS) is 12.1. The van der Waals surface area contributed by atoms with Crippen LogP contribution >= 0.6 is 22.9 Å². The second-order valence-corrected chi connectivity index (χ2v) is 6.65.